The number of carbonyl (C=O) groups excluding carboxylic acids is 1. The molecule has 2 aromatic rings. The molecule has 1 amide bonds. The summed E-state index contributed by atoms with van der Waals surface area (Å²) >= 11 is 0. The predicted molar refractivity (Wildman–Crippen MR) is 68.8 cm³/mol. The van der Waals surface area contributed by atoms with E-state index in [0.717, 1.165) is 5.69 Å². The van der Waals surface area contributed by atoms with Crippen molar-refractivity contribution in [3.63, 3.8) is 0 Å². The fourth-order valence-corrected chi connectivity index (χ4v) is 1.57. The topological polar surface area (TPSA) is 92.4 Å². The molecule has 0 radical (unpaired) electrons. The van der Waals surface area contributed by atoms with Gasteiger partial charge in [0.15, 0.2) is 0 Å². The van der Waals surface area contributed by atoms with Gasteiger partial charge in [-0.05, 0) is 26.3 Å². The predicted octanol–water partition coefficient (Wildman–Crippen LogP) is 0.324. The fourth-order valence-electron chi connectivity index (χ4n) is 1.57. The van der Waals surface area contributed by atoms with Crippen molar-refractivity contribution in [2.45, 2.75) is 32.7 Å². The Balaban J connectivity index is 2.30. The normalized spacial score (nSPS) is 14.3. The molecule has 7 heteroatoms. The molecule has 7 nitrogen and oxygen atoms in total. The SMILES string of the molecule is CCC(C)(CO)NC(=O)c1nc2nccc(C)n2n1. The van der Waals surface area contributed by atoms with Crippen molar-refractivity contribution in [2.75, 3.05) is 6.61 Å². The fraction of sp³-hybridized carbons (Fsp3) is 0.500. The Kier molecular flexibility index (Phi) is 3.48. The summed E-state index contributed by atoms with van der Waals surface area (Å²) in [4.78, 5) is 20.2. The highest BCUT2D eigenvalue weighted by molar-refractivity contribution is 5.91. The van der Waals surface area contributed by atoms with E-state index in [1.54, 1.807) is 19.2 Å². The molecule has 0 saturated heterocycles. The zero-order valence-electron chi connectivity index (χ0n) is 11.2. The Hall–Kier alpha value is -2.02. The van der Waals surface area contributed by atoms with E-state index in [0.29, 0.717) is 12.2 Å². The van der Waals surface area contributed by atoms with Crippen LogP contribution in [0, 0.1) is 6.92 Å². The van der Waals surface area contributed by atoms with Gasteiger partial charge in [0.1, 0.15) is 0 Å². The first-order valence-electron chi connectivity index (χ1n) is 6.11. The van der Waals surface area contributed by atoms with Crippen LogP contribution in [0.15, 0.2) is 12.3 Å². The first-order chi connectivity index (χ1) is 8.99. The summed E-state index contributed by atoms with van der Waals surface area (Å²) in [7, 11) is 0. The van der Waals surface area contributed by atoms with Crippen LogP contribution in [0.5, 0.6) is 0 Å². The number of aliphatic hydroxyl groups is 1. The molecule has 1 unspecified atom stereocenters. The van der Waals surface area contributed by atoms with Crippen molar-refractivity contribution in [2.24, 2.45) is 0 Å². The van der Waals surface area contributed by atoms with Crippen LogP contribution in [0.1, 0.15) is 36.6 Å². The number of aryl methyl sites for hydroxylation is 1. The number of aromatic nitrogens is 4. The van der Waals surface area contributed by atoms with Crippen molar-refractivity contribution in [3.8, 4) is 0 Å². The van der Waals surface area contributed by atoms with Gasteiger partial charge in [0, 0.05) is 11.9 Å². The standard InChI is InChI=1S/C12H17N5O2/c1-4-12(3,7-18)15-10(19)9-14-11-13-6-5-8(2)17(11)16-9/h5-6,18H,4,7H2,1-3H3,(H,15,19). The zero-order valence-corrected chi connectivity index (χ0v) is 11.2. The van der Waals surface area contributed by atoms with Crippen LogP contribution in [-0.4, -0.2) is 42.7 Å². The zero-order chi connectivity index (χ0) is 14.0. The van der Waals surface area contributed by atoms with Gasteiger partial charge in [-0.2, -0.15) is 4.98 Å². The van der Waals surface area contributed by atoms with E-state index in [2.05, 4.69) is 20.4 Å². The number of rotatable bonds is 4. The molecular weight excluding hydrogens is 246 g/mol. The lowest BCUT2D eigenvalue weighted by Crippen LogP contribution is -2.48. The van der Waals surface area contributed by atoms with E-state index in [9.17, 15) is 9.90 Å². The summed E-state index contributed by atoms with van der Waals surface area (Å²) in [6, 6.07) is 1.78. The third-order valence-corrected chi connectivity index (χ3v) is 3.18. The molecule has 0 aliphatic rings. The molecule has 0 saturated carbocycles. The third kappa shape index (κ3) is 2.55. The summed E-state index contributed by atoms with van der Waals surface area (Å²) in [6.45, 7) is 5.37. The second-order valence-corrected chi connectivity index (χ2v) is 4.76. The van der Waals surface area contributed by atoms with E-state index >= 15 is 0 Å². The molecule has 2 aromatic heterocycles. The Morgan fingerprint density at radius 1 is 1.58 bits per heavy atom. The summed E-state index contributed by atoms with van der Waals surface area (Å²) < 4.78 is 1.51. The molecule has 2 N–H and O–H groups in total. The third-order valence-electron chi connectivity index (χ3n) is 3.18. The Labute approximate surface area is 110 Å². The molecule has 0 aromatic carbocycles. The summed E-state index contributed by atoms with van der Waals surface area (Å²) in [6.07, 6.45) is 2.23. The molecular formula is C12H17N5O2. The molecule has 102 valence electrons. The molecule has 0 spiro atoms. The van der Waals surface area contributed by atoms with Gasteiger partial charge >= 0.3 is 0 Å². The monoisotopic (exact) mass is 263 g/mol. The van der Waals surface area contributed by atoms with Crippen LogP contribution in [-0.2, 0) is 0 Å². The number of nitrogens with one attached hydrogen (secondary N) is 1. The van der Waals surface area contributed by atoms with Crippen LogP contribution in [0.4, 0.5) is 0 Å². The number of nitrogens with zero attached hydrogens (tertiary/aromatic N) is 4. The Morgan fingerprint density at radius 3 is 2.89 bits per heavy atom. The molecule has 19 heavy (non-hydrogen) atoms. The van der Waals surface area contributed by atoms with Crippen LogP contribution in [0.3, 0.4) is 0 Å². The van der Waals surface area contributed by atoms with Gasteiger partial charge in [0.05, 0.1) is 12.1 Å². The molecule has 2 rings (SSSR count). The number of carbonyl (C=O) groups is 1. The maximum absolute atomic E-state index is 12.1. The molecule has 0 fully saturated rings. The quantitative estimate of drug-likeness (QED) is 0.829. The van der Waals surface area contributed by atoms with Gasteiger partial charge in [-0.25, -0.2) is 9.50 Å². The molecule has 0 aliphatic carbocycles. The molecule has 0 aliphatic heterocycles. The first-order valence-corrected chi connectivity index (χ1v) is 6.11. The molecule has 0 bridgehead atoms. The number of hydrogen-bond donors (Lipinski definition) is 2. The number of fused-ring (bicyclic) bond motifs is 1. The van der Waals surface area contributed by atoms with E-state index in [4.69, 9.17) is 0 Å². The van der Waals surface area contributed by atoms with Gasteiger partial charge in [-0.15, -0.1) is 5.10 Å². The smallest absolute Gasteiger partial charge is 0.291 e. The Bertz CT molecular complexity index is 603. The molecule has 1 atom stereocenters. The van der Waals surface area contributed by atoms with Crippen molar-refractivity contribution >= 4 is 11.7 Å². The minimum atomic E-state index is -0.670. The maximum Gasteiger partial charge on any atom is 0.291 e. The number of aliphatic hydroxyl groups excluding tert-OH is 1. The highest BCUT2D eigenvalue weighted by Gasteiger charge is 2.26. The lowest BCUT2D eigenvalue weighted by molar-refractivity contribution is 0.0837. The van der Waals surface area contributed by atoms with E-state index < -0.39 is 11.4 Å². The van der Waals surface area contributed by atoms with Gasteiger partial charge in [-0.3, -0.25) is 4.79 Å². The van der Waals surface area contributed by atoms with Gasteiger partial charge in [-0.1, -0.05) is 6.92 Å². The van der Waals surface area contributed by atoms with Crippen molar-refractivity contribution in [1.82, 2.24) is 24.9 Å². The van der Waals surface area contributed by atoms with Gasteiger partial charge in [0.2, 0.25) is 5.82 Å². The maximum atomic E-state index is 12.1. The Morgan fingerprint density at radius 2 is 2.32 bits per heavy atom. The van der Waals surface area contributed by atoms with Crippen LogP contribution >= 0.6 is 0 Å². The van der Waals surface area contributed by atoms with Crippen LogP contribution in [0.2, 0.25) is 0 Å². The highest BCUT2D eigenvalue weighted by Crippen LogP contribution is 2.09. The van der Waals surface area contributed by atoms with Gasteiger partial charge < -0.3 is 10.4 Å². The average Bonchev–Trinajstić information content (AvgIpc) is 2.84. The average molecular weight is 263 g/mol. The minimum Gasteiger partial charge on any atom is -0.394 e. The molecule has 2 heterocycles. The van der Waals surface area contributed by atoms with E-state index in [1.165, 1.54) is 4.52 Å². The lowest BCUT2D eigenvalue weighted by atomic mass is 10.0. The highest BCUT2D eigenvalue weighted by atomic mass is 16.3. The van der Waals surface area contributed by atoms with Crippen LogP contribution in [0.25, 0.3) is 5.78 Å². The van der Waals surface area contributed by atoms with E-state index in [-0.39, 0.29) is 12.4 Å². The summed E-state index contributed by atoms with van der Waals surface area (Å²) in [5.41, 5.74) is 0.175. The summed E-state index contributed by atoms with van der Waals surface area (Å²) in [5, 5.41) is 16.1. The van der Waals surface area contributed by atoms with Crippen molar-refractivity contribution in [1.29, 1.82) is 0 Å². The van der Waals surface area contributed by atoms with Crippen LogP contribution < -0.4 is 5.32 Å². The first kappa shape index (κ1) is 13.4. The van der Waals surface area contributed by atoms with Gasteiger partial charge in [0.25, 0.3) is 11.7 Å². The largest absolute Gasteiger partial charge is 0.394 e. The minimum absolute atomic E-state index is 0.0509. The number of amides is 1. The second-order valence-electron chi connectivity index (χ2n) is 4.76. The van der Waals surface area contributed by atoms with E-state index in [1.807, 2.05) is 13.8 Å². The number of hydrogen-bond acceptors (Lipinski definition) is 5. The summed E-state index contributed by atoms with van der Waals surface area (Å²) in [5.74, 6) is 0.0191. The van der Waals surface area contributed by atoms with Crippen molar-refractivity contribution in [3.05, 3.63) is 23.8 Å². The second kappa shape index (κ2) is 4.93. The lowest BCUT2D eigenvalue weighted by Gasteiger charge is -2.26. The van der Waals surface area contributed by atoms with Crippen molar-refractivity contribution < 1.29 is 9.90 Å².